The van der Waals surface area contributed by atoms with Crippen molar-refractivity contribution in [3.05, 3.63) is 29.3 Å². The molecule has 0 aliphatic rings. The normalized spacial score (nSPS) is 13.1. The number of aryl methyl sites for hydroxylation is 2. The Bertz CT molecular complexity index is 604. The van der Waals surface area contributed by atoms with E-state index in [2.05, 4.69) is 0 Å². The number of hydrogen-bond donors (Lipinski definition) is 0. The summed E-state index contributed by atoms with van der Waals surface area (Å²) in [6.07, 6.45) is 2.32. The van der Waals surface area contributed by atoms with E-state index in [4.69, 9.17) is 4.42 Å². The maximum absolute atomic E-state index is 13.8. The van der Waals surface area contributed by atoms with Gasteiger partial charge in [0.15, 0.2) is 11.4 Å². The van der Waals surface area contributed by atoms with Gasteiger partial charge in [-0.05, 0) is 36.1 Å². The van der Waals surface area contributed by atoms with Crippen LogP contribution in [-0.4, -0.2) is 8.76 Å². The third-order valence-corrected chi connectivity index (χ3v) is 3.55. The second-order valence-electron chi connectivity index (χ2n) is 4.12. The van der Waals surface area contributed by atoms with Crippen LogP contribution >= 0.6 is 0 Å². The van der Waals surface area contributed by atoms with Crippen LogP contribution in [-0.2, 0) is 23.9 Å². The lowest BCUT2D eigenvalue weighted by atomic mass is 10.1. The third-order valence-electron chi connectivity index (χ3n) is 2.93. The van der Waals surface area contributed by atoms with Gasteiger partial charge < -0.3 is 8.97 Å². The topological polar surface area (TPSA) is 53.3 Å². The molecule has 98 valence electrons. The van der Waals surface area contributed by atoms with Crippen molar-refractivity contribution in [2.24, 2.45) is 0 Å². The lowest BCUT2D eigenvalue weighted by Gasteiger charge is -2.05. The third kappa shape index (κ3) is 2.20. The first-order valence-electron chi connectivity index (χ1n) is 5.91. The minimum absolute atomic E-state index is 0.0430. The van der Waals surface area contributed by atoms with Gasteiger partial charge >= 0.3 is 0 Å². The van der Waals surface area contributed by atoms with E-state index in [0.717, 1.165) is 30.2 Å². The van der Waals surface area contributed by atoms with Gasteiger partial charge in [0, 0.05) is 22.3 Å². The summed E-state index contributed by atoms with van der Waals surface area (Å²) >= 11 is -2.43. The molecule has 1 heterocycles. The van der Waals surface area contributed by atoms with Gasteiger partial charge in [0.05, 0.1) is 0 Å². The number of fused-ring (bicyclic) bond motifs is 1. The fourth-order valence-electron chi connectivity index (χ4n) is 2.14. The van der Waals surface area contributed by atoms with Crippen LogP contribution in [0.5, 0.6) is 0 Å². The van der Waals surface area contributed by atoms with Crippen molar-refractivity contribution >= 4 is 22.0 Å². The second kappa shape index (κ2) is 5.20. The van der Waals surface area contributed by atoms with Crippen molar-refractivity contribution in [1.82, 2.24) is 0 Å². The van der Waals surface area contributed by atoms with Crippen LogP contribution in [0, 0.1) is 5.82 Å². The van der Waals surface area contributed by atoms with Crippen molar-refractivity contribution in [3.63, 3.8) is 0 Å². The fourth-order valence-corrected chi connectivity index (χ4v) is 2.56. The van der Waals surface area contributed by atoms with E-state index in [1.54, 1.807) is 0 Å². The van der Waals surface area contributed by atoms with Crippen LogP contribution in [0.3, 0.4) is 0 Å². The van der Waals surface area contributed by atoms with Gasteiger partial charge in [-0.25, -0.2) is 4.39 Å². The summed E-state index contributed by atoms with van der Waals surface area (Å²) in [6.45, 7) is 3.96. The van der Waals surface area contributed by atoms with Gasteiger partial charge in [-0.1, -0.05) is 13.8 Å². The zero-order chi connectivity index (χ0) is 13.3. The van der Waals surface area contributed by atoms with Crippen LogP contribution in [0.4, 0.5) is 4.39 Å². The molecule has 1 unspecified atom stereocenters. The van der Waals surface area contributed by atoms with Gasteiger partial charge in [-0.2, -0.15) is 0 Å². The first-order chi connectivity index (χ1) is 8.58. The second-order valence-corrected chi connectivity index (χ2v) is 5.06. The predicted octanol–water partition coefficient (Wildman–Crippen LogP) is 3.32. The van der Waals surface area contributed by atoms with Gasteiger partial charge in [0.2, 0.25) is 0 Å². The van der Waals surface area contributed by atoms with E-state index in [1.165, 1.54) is 6.07 Å². The van der Waals surface area contributed by atoms with Crippen LogP contribution < -0.4 is 0 Å². The van der Waals surface area contributed by atoms with Crippen molar-refractivity contribution in [3.8, 4) is 0 Å². The summed E-state index contributed by atoms with van der Waals surface area (Å²) < 4.78 is 41.2. The lowest BCUT2D eigenvalue weighted by molar-refractivity contribution is 0.510. The van der Waals surface area contributed by atoms with Gasteiger partial charge in [0.1, 0.15) is 5.76 Å². The Kier molecular flexibility index (Phi) is 3.82. The van der Waals surface area contributed by atoms with E-state index in [9.17, 15) is 13.2 Å². The highest BCUT2D eigenvalue weighted by Crippen LogP contribution is 2.31. The Balaban J connectivity index is 2.72. The molecule has 18 heavy (non-hydrogen) atoms. The number of benzene rings is 1. The molecule has 0 fully saturated rings. The molecule has 1 atom stereocenters. The Morgan fingerprint density at radius 2 is 2.11 bits per heavy atom. The zero-order valence-electron chi connectivity index (χ0n) is 10.3. The molecule has 0 N–H and O–H groups in total. The molecule has 5 heteroatoms. The zero-order valence-corrected chi connectivity index (χ0v) is 11.1. The van der Waals surface area contributed by atoms with Gasteiger partial charge in [-0.15, -0.1) is 0 Å². The molecular weight excluding hydrogens is 255 g/mol. The number of hydrogen-bond acceptors (Lipinski definition) is 3. The molecule has 0 aliphatic heterocycles. The average Bonchev–Trinajstić information content (AvgIpc) is 2.67. The minimum Gasteiger partial charge on any atom is -0.768 e. The summed E-state index contributed by atoms with van der Waals surface area (Å²) in [5.41, 5.74) is 1.06. The lowest BCUT2D eigenvalue weighted by Crippen LogP contribution is -1.91. The van der Waals surface area contributed by atoms with Crippen LogP contribution in [0.1, 0.15) is 31.6 Å². The smallest absolute Gasteiger partial charge is 0.170 e. The highest BCUT2D eigenvalue weighted by molar-refractivity contribution is 7.79. The largest absolute Gasteiger partial charge is 0.768 e. The molecule has 0 bridgehead atoms. The monoisotopic (exact) mass is 269 g/mol. The van der Waals surface area contributed by atoms with E-state index < -0.39 is 16.9 Å². The number of halogens is 1. The molecule has 2 aromatic rings. The molecule has 1 aromatic heterocycles. The number of rotatable bonds is 4. The Hall–Kier alpha value is -1.20. The molecule has 0 amide bonds. The highest BCUT2D eigenvalue weighted by atomic mass is 32.2. The quantitative estimate of drug-likeness (QED) is 0.800. The van der Waals surface area contributed by atoms with Gasteiger partial charge in [0.25, 0.3) is 0 Å². The van der Waals surface area contributed by atoms with Crippen molar-refractivity contribution in [2.45, 2.75) is 38.0 Å². The SMILES string of the molecule is CCCc1oc2c(F)cc(S(=O)[O-])cc2c1CC. The average molecular weight is 269 g/mol. The van der Waals surface area contributed by atoms with Crippen LogP contribution in [0.2, 0.25) is 0 Å². The predicted molar refractivity (Wildman–Crippen MR) is 66.7 cm³/mol. The maximum Gasteiger partial charge on any atom is 0.170 e. The van der Waals surface area contributed by atoms with Gasteiger partial charge in [-0.3, -0.25) is 4.21 Å². The summed E-state index contributed by atoms with van der Waals surface area (Å²) in [4.78, 5) is -0.0430. The van der Waals surface area contributed by atoms with E-state index in [1.807, 2.05) is 13.8 Å². The van der Waals surface area contributed by atoms with E-state index in [-0.39, 0.29) is 10.5 Å². The molecule has 0 aliphatic carbocycles. The molecule has 0 saturated heterocycles. The summed E-state index contributed by atoms with van der Waals surface area (Å²) in [5.74, 6) is 0.131. The van der Waals surface area contributed by atoms with Crippen molar-refractivity contribution in [1.29, 1.82) is 0 Å². The van der Waals surface area contributed by atoms with Crippen molar-refractivity contribution in [2.75, 3.05) is 0 Å². The molecule has 0 radical (unpaired) electrons. The molecular formula is C13H14FO3S-. The van der Waals surface area contributed by atoms with Crippen LogP contribution in [0.15, 0.2) is 21.4 Å². The van der Waals surface area contributed by atoms with Crippen LogP contribution in [0.25, 0.3) is 11.0 Å². The highest BCUT2D eigenvalue weighted by Gasteiger charge is 2.16. The summed E-state index contributed by atoms with van der Waals surface area (Å²) in [6, 6.07) is 2.47. The first kappa shape index (κ1) is 13.2. The molecule has 0 saturated carbocycles. The van der Waals surface area contributed by atoms with E-state index in [0.29, 0.717) is 11.8 Å². The summed E-state index contributed by atoms with van der Waals surface area (Å²) in [7, 11) is 0. The molecule has 2 rings (SSSR count). The Morgan fingerprint density at radius 1 is 1.39 bits per heavy atom. The van der Waals surface area contributed by atoms with Crippen molar-refractivity contribution < 1.29 is 17.6 Å². The molecule has 3 nitrogen and oxygen atoms in total. The first-order valence-corrected chi connectivity index (χ1v) is 6.99. The Labute approximate surface area is 107 Å². The number of furan rings is 1. The van der Waals surface area contributed by atoms with E-state index >= 15 is 0 Å². The fraction of sp³-hybridized carbons (Fsp3) is 0.385. The molecule has 1 aromatic carbocycles. The standard InChI is InChI=1S/C13H15FO3S/c1-3-5-12-9(4-2)10-6-8(18(15)16)7-11(14)13(10)17-12/h6-7H,3-5H2,1-2H3,(H,15,16)/p-1. The Morgan fingerprint density at radius 3 is 2.67 bits per heavy atom. The minimum atomic E-state index is -2.43. The summed E-state index contributed by atoms with van der Waals surface area (Å²) in [5, 5.41) is 0.570. The maximum atomic E-state index is 13.8. The molecule has 0 spiro atoms.